The Kier molecular flexibility index (Phi) is 10.6. The van der Waals surface area contributed by atoms with E-state index in [0.717, 1.165) is 51.8 Å². The molecule has 1 rings (SSSR count). The van der Waals surface area contributed by atoms with Gasteiger partial charge in [-0.2, -0.15) is 12.6 Å². The van der Waals surface area contributed by atoms with E-state index in [4.69, 9.17) is 9.47 Å². The van der Waals surface area contributed by atoms with Crippen molar-refractivity contribution in [2.24, 2.45) is 0 Å². The molecule has 21 heavy (non-hydrogen) atoms. The predicted molar refractivity (Wildman–Crippen MR) is 92.5 cm³/mol. The normalized spacial score (nSPS) is 12.8. The van der Waals surface area contributed by atoms with E-state index < -0.39 is 0 Å². The fourth-order valence-corrected chi connectivity index (χ4v) is 2.60. The lowest BCUT2D eigenvalue weighted by atomic mass is 10.0. The topological polar surface area (TPSA) is 21.7 Å². The summed E-state index contributed by atoms with van der Waals surface area (Å²) in [5, 5.41) is 0. The van der Waals surface area contributed by atoms with Crippen molar-refractivity contribution >= 4 is 12.6 Å². The van der Waals surface area contributed by atoms with Gasteiger partial charge < -0.3 is 9.47 Å². The molecule has 0 bridgehead atoms. The van der Waals surface area contributed by atoms with Crippen molar-refractivity contribution in [3.8, 4) is 0 Å². The highest BCUT2D eigenvalue weighted by molar-refractivity contribution is 7.80. The van der Waals surface area contributed by atoms with Gasteiger partial charge >= 0.3 is 0 Å². The molecule has 0 fully saturated rings. The Hall–Kier alpha value is -0.550. The molecule has 1 aromatic rings. The third kappa shape index (κ3) is 7.86. The van der Waals surface area contributed by atoms with Crippen LogP contribution in [0, 0.1) is 0 Å². The summed E-state index contributed by atoms with van der Waals surface area (Å²) in [6.07, 6.45) is 0. The average molecular weight is 311 g/mol. The fraction of sp³-hybridized carbons (Fsp3) is 0.647. The number of ether oxygens (including phenoxy) is 2. The molecule has 1 unspecified atom stereocenters. The van der Waals surface area contributed by atoms with Gasteiger partial charge in [0.25, 0.3) is 0 Å². The van der Waals surface area contributed by atoms with Gasteiger partial charge in [-0.05, 0) is 25.2 Å². The Balaban J connectivity index is 2.54. The summed E-state index contributed by atoms with van der Waals surface area (Å²) in [5.74, 6) is 1.29. The largest absolute Gasteiger partial charge is 0.380 e. The van der Waals surface area contributed by atoms with E-state index in [2.05, 4.69) is 47.9 Å². The molecule has 1 aromatic carbocycles. The van der Waals surface area contributed by atoms with Gasteiger partial charge in [-0.25, -0.2) is 0 Å². The van der Waals surface area contributed by atoms with E-state index in [0.29, 0.717) is 5.92 Å². The first-order valence-electron chi connectivity index (χ1n) is 7.85. The molecule has 0 aliphatic heterocycles. The highest BCUT2D eigenvalue weighted by atomic mass is 32.1. The fourth-order valence-electron chi connectivity index (χ4n) is 2.28. The van der Waals surface area contributed by atoms with Crippen LogP contribution in [0.1, 0.15) is 25.3 Å². The van der Waals surface area contributed by atoms with Gasteiger partial charge in [-0.1, -0.05) is 30.3 Å². The van der Waals surface area contributed by atoms with Gasteiger partial charge in [0, 0.05) is 38.8 Å². The summed E-state index contributed by atoms with van der Waals surface area (Å²) >= 11 is 4.53. The maximum atomic E-state index is 5.49. The molecule has 4 heteroatoms. The molecule has 0 N–H and O–H groups in total. The van der Waals surface area contributed by atoms with Crippen LogP contribution >= 0.6 is 12.6 Å². The highest BCUT2D eigenvalue weighted by Crippen LogP contribution is 2.18. The summed E-state index contributed by atoms with van der Waals surface area (Å²) in [6.45, 7) is 10.0. The van der Waals surface area contributed by atoms with E-state index in [-0.39, 0.29) is 0 Å². The average Bonchev–Trinajstić information content (AvgIpc) is 2.53. The smallest absolute Gasteiger partial charge is 0.0593 e. The molecule has 0 heterocycles. The number of nitrogens with zero attached hydrogens (tertiary/aromatic N) is 1. The molecule has 0 radical (unpaired) electrons. The number of thiol groups is 1. The second-order valence-electron chi connectivity index (χ2n) is 4.98. The summed E-state index contributed by atoms with van der Waals surface area (Å²) in [7, 11) is 0. The second kappa shape index (κ2) is 12.0. The third-order valence-corrected chi connectivity index (χ3v) is 3.92. The zero-order valence-electron chi connectivity index (χ0n) is 13.3. The lowest BCUT2D eigenvalue weighted by Gasteiger charge is -2.27. The van der Waals surface area contributed by atoms with Crippen LogP contribution in [-0.4, -0.2) is 56.7 Å². The molecular weight excluding hydrogens is 282 g/mol. The van der Waals surface area contributed by atoms with Crippen molar-refractivity contribution < 1.29 is 9.47 Å². The van der Waals surface area contributed by atoms with Crippen LogP contribution in [0.25, 0.3) is 0 Å². The summed E-state index contributed by atoms with van der Waals surface area (Å²) in [5.41, 5.74) is 1.35. The predicted octanol–water partition coefficient (Wildman–Crippen LogP) is 3.08. The Morgan fingerprint density at radius 3 is 2.05 bits per heavy atom. The summed E-state index contributed by atoms with van der Waals surface area (Å²) in [4.78, 5) is 2.42. The summed E-state index contributed by atoms with van der Waals surface area (Å²) in [6, 6.07) is 10.6. The van der Waals surface area contributed by atoms with Crippen LogP contribution in [0.5, 0.6) is 0 Å². The van der Waals surface area contributed by atoms with Crippen LogP contribution in [-0.2, 0) is 9.47 Å². The van der Waals surface area contributed by atoms with Crippen molar-refractivity contribution in [3.63, 3.8) is 0 Å². The van der Waals surface area contributed by atoms with Crippen LogP contribution in [0.3, 0.4) is 0 Å². The Bertz CT molecular complexity index is 338. The molecule has 0 aromatic heterocycles. The van der Waals surface area contributed by atoms with E-state index >= 15 is 0 Å². The molecule has 120 valence electrons. The molecule has 3 nitrogen and oxygen atoms in total. The zero-order chi connectivity index (χ0) is 15.3. The van der Waals surface area contributed by atoms with E-state index in [1.807, 2.05) is 13.8 Å². The van der Waals surface area contributed by atoms with Crippen molar-refractivity contribution in [3.05, 3.63) is 35.9 Å². The zero-order valence-corrected chi connectivity index (χ0v) is 14.2. The van der Waals surface area contributed by atoms with Crippen LogP contribution < -0.4 is 0 Å². The molecule has 0 saturated carbocycles. The van der Waals surface area contributed by atoms with Crippen LogP contribution in [0.15, 0.2) is 30.3 Å². The Morgan fingerprint density at radius 1 is 1.00 bits per heavy atom. The Labute approximate surface area is 135 Å². The molecule has 0 saturated heterocycles. The van der Waals surface area contributed by atoms with Crippen molar-refractivity contribution in [2.75, 3.05) is 51.8 Å². The maximum absolute atomic E-state index is 5.49. The van der Waals surface area contributed by atoms with Gasteiger partial charge in [0.2, 0.25) is 0 Å². The standard InChI is InChI=1S/C17H29NO2S/c1-3-19-12-10-18(11-13-20-4-2)14-17(15-21)16-8-6-5-7-9-16/h5-9,17,21H,3-4,10-15H2,1-2H3. The first-order valence-corrected chi connectivity index (χ1v) is 8.48. The first kappa shape index (κ1) is 18.5. The van der Waals surface area contributed by atoms with Crippen LogP contribution in [0.2, 0.25) is 0 Å². The van der Waals surface area contributed by atoms with Crippen molar-refractivity contribution in [1.82, 2.24) is 4.90 Å². The van der Waals surface area contributed by atoms with E-state index in [1.54, 1.807) is 0 Å². The number of benzene rings is 1. The van der Waals surface area contributed by atoms with Crippen molar-refractivity contribution in [1.29, 1.82) is 0 Å². The minimum Gasteiger partial charge on any atom is -0.380 e. The highest BCUT2D eigenvalue weighted by Gasteiger charge is 2.14. The second-order valence-corrected chi connectivity index (χ2v) is 5.35. The van der Waals surface area contributed by atoms with Crippen LogP contribution in [0.4, 0.5) is 0 Å². The lowest BCUT2D eigenvalue weighted by molar-refractivity contribution is 0.0809. The van der Waals surface area contributed by atoms with Gasteiger partial charge in [0.1, 0.15) is 0 Å². The molecule has 0 amide bonds. The molecule has 1 atom stereocenters. The third-order valence-electron chi connectivity index (χ3n) is 3.48. The number of rotatable bonds is 12. The molecular formula is C17H29NO2S. The van der Waals surface area contributed by atoms with E-state index in [9.17, 15) is 0 Å². The van der Waals surface area contributed by atoms with Gasteiger partial charge in [0.05, 0.1) is 13.2 Å². The minimum atomic E-state index is 0.442. The lowest BCUT2D eigenvalue weighted by Crippen LogP contribution is -2.35. The monoisotopic (exact) mass is 311 g/mol. The SMILES string of the molecule is CCOCCN(CCOCC)CC(CS)c1ccccc1. The quantitative estimate of drug-likeness (QED) is 0.473. The first-order chi connectivity index (χ1) is 10.3. The summed E-state index contributed by atoms with van der Waals surface area (Å²) < 4.78 is 11.0. The maximum Gasteiger partial charge on any atom is 0.0593 e. The minimum absolute atomic E-state index is 0.442. The number of hydrogen-bond donors (Lipinski definition) is 1. The van der Waals surface area contributed by atoms with E-state index in [1.165, 1.54) is 5.56 Å². The molecule has 0 aliphatic rings. The number of hydrogen-bond acceptors (Lipinski definition) is 4. The van der Waals surface area contributed by atoms with Crippen molar-refractivity contribution in [2.45, 2.75) is 19.8 Å². The van der Waals surface area contributed by atoms with Gasteiger partial charge in [0.15, 0.2) is 0 Å². The van der Waals surface area contributed by atoms with Gasteiger partial charge in [-0.3, -0.25) is 4.90 Å². The molecule has 0 aliphatic carbocycles. The molecule has 0 spiro atoms. The Morgan fingerprint density at radius 2 is 1.57 bits per heavy atom. The van der Waals surface area contributed by atoms with Gasteiger partial charge in [-0.15, -0.1) is 0 Å².